The summed E-state index contributed by atoms with van der Waals surface area (Å²) in [6.07, 6.45) is 8.28. The first-order valence-corrected chi connectivity index (χ1v) is 20.7. The molecule has 6 rings (SSSR count). The van der Waals surface area contributed by atoms with Crippen molar-refractivity contribution in [3.63, 3.8) is 0 Å². The number of amides is 3. The molecular formula is C44H55N3O5S. The van der Waals surface area contributed by atoms with Gasteiger partial charge in [0.2, 0.25) is 17.7 Å². The Morgan fingerprint density at radius 1 is 0.774 bits per heavy atom. The van der Waals surface area contributed by atoms with E-state index in [2.05, 4.69) is 5.32 Å². The molecule has 0 aliphatic carbocycles. The van der Waals surface area contributed by atoms with Gasteiger partial charge in [0.05, 0.1) is 18.0 Å². The number of anilines is 1. The lowest BCUT2D eigenvalue weighted by molar-refractivity contribution is -0.144. The van der Waals surface area contributed by atoms with E-state index in [0.717, 1.165) is 54.7 Å². The second kappa shape index (κ2) is 19.4. The molecule has 282 valence electrons. The molecule has 0 saturated carbocycles. The van der Waals surface area contributed by atoms with Crippen molar-refractivity contribution in [2.24, 2.45) is 17.8 Å². The summed E-state index contributed by atoms with van der Waals surface area (Å²) in [6, 6.07) is 29.1. The molecule has 9 heteroatoms. The molecule has 0 aromatic heterocycles. The molecule has 3 amide bonds. The fraction of sp³-hybridized carbons (Fsp3) is 0.500. The van der Waals surface area contributed by atoms with E-state index < -0.39 is 12.0 Å². The maximum absolute atomic E-state index is 14.4. The highest BCUT2D eigenvalue weighted by Crippen LogP contribution is 2.37. The van der Waals surface area contributed by atoms with Crippen molar-refractivity contribution < 1.29 is 23.9 Å². The van der Waals surface area contributed by atoms with Crippen LogP contribution in [0.1, 0.15) is 75.3 Å². The van der Waals surface area contributed by atoms with Gasteiger partial charge in [0.1, 0.15) is 11.8 Å². The number of ketones is 1. The first-order valence-electron chi connectivity index (χ1n) is 19.6. The summed E-state index contributed by atoms with van der Waals surface area (Å²) in [5.41, 5.74) is 2.96. The minimum Gasteiger partial charge on any atom is -0.383 e. The Morgan fingerprint density at radius 2 is 1.42 bits per heavy atom. The van der Waals surface area contributed by atoms with Crippen molar-refractivity contribution in [2.75, 3.05) is 30.9 Å². The van der Waals surface area contributed by atoms with Crippen LogP contribution >= 0.6 is 11.8 Å². The predicted molar refractivity (Wildman–Crippen MR) is 211 cm³/mol. The van der Waals surface area contributed by atoms with Gasteiger partial charge in [-0.2, -0.15) is 0 Å². The van der Waals surface area contributed by atoms with Crippen molar-refractivity contribution in [1.82, 2.24) is 10.2 Å². The third kappa shape index (κ3) is 10.4. The number of thioether (sulfide) groups is 1. The second-order valence-electron chi connectivity index (χ2n) is 15.0. The molecule has 3 aliphatic rings. The molecule has 3 fully saturated rings. The number of fused-ring (bicyclic) bond motifs is 1. The summed E-state index contributed by atoms with van der Waals surface area (Å²) in [7, 11) is 1.69. The highest BCUT2D eigenvalue weighted by molar-refractivity contribution is 7.99. The topological polar surface area (TPSA) is 96.0 Å². The first kappa shape index (κ1) is 38.8. The van der Waals surface area contributed by atoms with E-state index in [0.29, 0.717) is 51.7 Å². The minimum atomic E-state index is -0.607. The Bertz CT molecular complexity index is 1640. The predicted octanol–water partition coefficient (Wildman–Crippen LogP) is 7.25. The van der Waals surface area contributed by atoms with E-state index in [1.54, 1.807) is 12.0 Å². The highest BCUT2D eigenvalue weighted by Gasteiger charge is 2.41. The van der Waals surface area contributed by atoms with Gasteiger partial charge >= 0.3 is 0 Å². The van der Waals surface area contributed by atoms with Crippen molar-refractivity contribution >= 4 is 41.0 Å². The van der Waals surface area contributed by atoms with Gasteiger partial charge in [0, 0.05) is 43.5 Å². The molecule has 0 spiro atoms. The molecule has 0 bridgehead atoms. The zero-order valence-electron chi connectivity index (χ0n) is 31.1. The molecule has 3 aliphatic heterocycles. The number of rotatable bonds is 15. The number of carbonyl (C=O) groups is 4. The van der Waals surface area contributed by atoms with Gasteiger partial charge in [0.25, 0.3) is 0 Å². The number of nitrogens with one attached hydrogen (secondary N) is 1. The maximum Gasteiger partial charge on any atom is 0.249 e. The normalized spacial score (nSPS) is 23.3. The van der Waals surface area contributed by atoms with Crippen LogP contribution in [-0.4, -0.2) is 71.9 Å². The summed E-state index contributed by atoms with van der Waals surface area (Å²) in [5, 5.41) is 3.32. The molecule has 3 heterocycles. The van der Waals surface area contributed by atoms with Crippen molar-refractivity contribution in [3.05, 3.63) is 102 Å². The van der Waals surface area contributed by atoms with Gasteiger partial charge in [-0.3, -0.25) is 19.2 Å². The van der Waals surface area contributed by atoms with Crippen LogP contribution in [0.3, 0.4) is 0 Å². The molecule has 8 nitrogen and oxygen atoms in total. The third-order valence-electron chi connectivity index (χ3n) is 11.3. The Morgan fingerprint density at radius 3 is 2.09 bits per heavy atom. The fourth-order valence-electron chi connectivity index (χ4n) is 8.39. The summed E-state index contributed by atoms with van der Waals surface area (Å²) in [4.78, 5) is 60.4. The molecular weight excluding hydrogens is 683 g/mol. The Balaban J connectivity index is 1.19. The molecule has 0 unspecified atom stereocenters. The second-order valence-corrected chi connectivity index (χ2v) is 16.3. The van der Waals surface area contributed by atoms with E-state index in [4.69, 9.17) is 4.74 Å². The number of carbonyl (C=O) groups excluding carboxylic acids is 4. The number of piperidine rings is 1. The quantitative estimate of drug-likeness (QED) is 0.177. The van der Waals surface area contributed by atoms with E-state index >= 15 is 0 Å². The van der Waals surface area contributed by atoms with Gasteiger partial charge in [-0.05, 0) is 99.6 Å². The zero-order valence-corrected chi connectivity index (χ0v) is 31.9. The van der Waals surface area contributed by atoms with Crippen LogP contribution in [0.5, 0.6) is 0 Å². The zero-order chi connectivity index (χ0) is 37.0. The first-order chi connectivity index (χ1) is 25.9. The lowest BCUT2D eigenvalue weighted by Gasteiger charge is -2.41. The van der Waals surface area contributed by atoms with Gasteiger partial charge in [0.15, 0.2) is 0 Å². The average molecular weight is 738 g/mol. The number of nitrogens with zero attached hydrogens (tertiary/aromatic N) is 2. The van der Waals surface area contributed by atoms with E-state index in [9.17, 15) is 19.2 Å². The Hall–Kier alpha value is -3.95. The van der Waals surface area contributed by atoms with Gasteiger partial charge < -0.3 is 19.9 Å². The number of methoxy groups -OCH3 is 1. The van der Waals surface area contributed by atoms with Gasteiger partial charge in [-0.25, -0.2) is 0 Å². The maximum atomic E-state index is 14.4. The van der Waals surface area contributed by atoms with Crippen LogP contribution in [0.4, 0.5) is 5.69 Å². The number of hydrogen-bond donors (Lipinski definition) is 1. The molecule has 6 atom stereocenters. The van der Waals surface area contributed by atoms with E-state index in [1.165, 1.54) is 0 Å². The van der Waals surface area contributed by atoms with Crippen molar-refractivity contribution in [2.45, 2.75) is 94.5 Å². The molecule has 1 N–H and O–H groups in total. The Kier molecular flexibility index (Phi) is 14.2. The van der Waals surface area contributed by atoms with Crippen LogP contribution in [0.15, 0.2) is 91.0 Å². The van der Waals surface area contributed by atoms with Crippen LogP contribution in [0.2, 0.25) is 0 Å². The molecule has 0 radical (unpaired) electrons. The van der Waals surface area contributed by atoms with E-state index in [-0.39, 0.29) is 53.2 Å². The fourth-order valence-corrected chi connectivity index (χ4v) is 9.86. The van der Waals surface area contributed by atoms with Gasteiger partial charge in [-0.15, -0.1) is 11.8 Å². The Labute approximate surface area is 319 Å². The highest BCUT2D eigenvalue weighted by atomic mass is 32.2. The number of para-hydroxylation sites is 1. The van der Waals surface area contributed by atoms with Crippen LogP contribution in [0, 0.1) is 17.8 Å². The number of ether oxygens (including phenoxy) is 1. The summed E-state index contributed by atoms with van der Waals surface area (Å²) in [6.45, 7) is 1.14. The molecule has 3 aromatic carbocycles. The average Bonchev–Trinajstić information content (AvgIpc) is 3.46. The minimum absolute atomic E-state index is 0.0481. The number of hydrogen-bond acceptors (Lipinski definition) is 6. The number of Topliss-reactive ketones (excluding diaryl/α,β-unsaturated/α-hetero) is 1. The monoisotopic (exact) mass is 737 g/mol. The van der Waals surface area contributed by atoms with Gasteiger partial charge in [-0.1, -0.05) is 78.9 Å². The molecule has 3 saturated heterocycles. The van der Waals surface area contributed by atoms with Crippen molar-refractivity contribution in [1.29, 1.82) is 0 Å². The van der Waals surface area contributed by atoms with Crippen LogP contribution in [0.25, 0.3) is 0 Å². The lowest BCUT2D eigenvalue weighted by Crippen LogP contribution is -2.52. The molecule has 53 heavy (non-hydrogen) atoms. The van der Waals surface area contributed by atoms with Crippen LogP contribution in [-0.2, 0) is 36.8 Å². The standard InChI is InChI=1S/C44H55N3O5S/c1-52-31-38-20-13-22-41-47(38)43(50)36(25-27-53-41)30-40(48)34(28-32-14-5-2-6-15-32)23-24-35(29-33-16-7-3-8-17-33)42(49)45-39-21-11-12-26-46(44(39)51)37-18-9-4-10-19-37/h2-10,14-19,34-36,38-39,41H,11-13,20-31H2,1H3,(H,45,49)/t34-,35-,36-,38+,39+,41+/m1/s1. The largest absolute Gasteiger partial charge is 0.383 e. The lowest BCUT2D eigenvalue weighted by atomic mass is 9.82. The van der Waals surface area contributed by atoms with Crippen molar-refractivity contribution in [3.8, 4) is 0 Å². The molecule has 3 aromatic rings. The SMILES string of the molecule is COC[C@@H]1CCC[C@@H]2SCC[C@H](CC(=O)[C@H](CC[C@H](Cc3ccccc3)C(=O)N[C@H]3CCCCN(c4ccccc4)C3=O)Cc3ccccc3)C(=O)N12. The van der Waals surface area contributed by atoms with E-state index in [1.807, 2.05) is 108 Å². The van der Waals surface area contributed by atoms with Crippen LogP contribution < -0.4 is 10.2 Å². The third-order valence-corrected chi connectivity index (χ3v) is 12.6. The number of benzene rings is 3. The smallest absolute Gasteiger partial charge is 0.249 e. The summed E-state index contributed by atoms with van der Waals surface area (Å²) in [5.74, 6) is -0.309. The summed E-state index contributed by atoms with van der Waals surface area (Å²) >= 11 is 1.84. The summed E-state index contributed by atoms with van der Waals surface area (Å²) < 4.78 is 5.52.